The summed E-state index contributed by atoms with van der Waals surface area (Å²) in [4.78, 5) is 0. The normalized spacial score (nSPS) is 46.9. The second-order valence-electron chi connectivity index (χ2n) is 12.9. The van der Waals surface area contributed by atoms with Gasteiger partial charge in [0, 0.05) is 6.54 Å². The van der Waals surface area contributed by atoms with E-state index in [0.29, 0.717) is 16.7 Å². The Hall–Kier alpha value is -0.970. The molecule has 1 aromatic heterocycles. The van der Waals surface area contributed by atoms with Crippen molar-refractivity contribution in [2.75, 3.05) is 0 Å². The van der Waals surface area contributed by atoms with Gasteiger partial charge in [0.05, 0.1) is 5.60 Å². The van der Waals surface area contributed by atoms with E-state index >= 15 is 0 Å². The molecule has 0 aromatic carbocycles. The third kappa shape index (κ3) is 3.47. The van der Waals surface area contributed by atoms with Crippen LogP contribution in [0, 0.1) is 53.3 Å². The minimum absolute atomic E-state index is 0.378. The second kappa shape index (κ2) is 8.06. The van der Waals surface area contributed by atoms with E-state index in [1.807, 2.05) is 11.6 Å². The van der Waals surface area contributed by atoms with Crippen LogP contribution in [-0.4, -0.2) is 30.9 Å². The molecule has 5 heteroatoms. The summed E-state index contributed by atoms with van der Waals surface area (Å²) in [6.07, 6.45) is 13.8. The Balaban J connectivity index is 1.32. The van der Waals surface area contributed by atoms with E-state index in [9.17, 15) is 5.11 Å². The molecule has 0 bridgehead atoms. The Morgan fingerprint density at radius 1 is 1.03 bits per heavy atom. The SMILES string of the molecule is CCC[C@@]1(O)CC[C@@]2(C)[C@H](CC[C@@H]3[C@@H]2CC[C@]2(C)[C@@H]([C@H](C)Cn4nnnc4C)CC[C@@H]32)C1. The molecular weight excluding hydrogens is 396 g/mol. The molecule has 32 heavy (non-hydrogen) atoms. The molecule has 4 aliphatic carbocycles. The summed E-state index contributed by atoms with van der Waals surface area (Å²) in [7, 11) is 0. The molecule has 0 unspecified atom stereocenters. The number of aryl methyl sites for hydroxylation is 1. The molecule has 9 atom stereocenters. The largest absolute Gasteiger partial charge is 0.390 e. The van der Waals surface area contributed by atoms with Gasteiger partial charge in [0.25, 0.3) is 0 Å². The van der Waals surface area contributed by atoms with E-state index in [-0.39, 0.29) is 5.60 Å². The zero-order valence-electron chi connectivity index (χ0n) is 21.2. The molecule has 180 valence electrons. The zero-order valence-corrected chi connectivity index (χ0v) is 21.2. The minimum Gasteiger partial charge on any atom is -0.390 e. The molecule has 4 saturated carbocycles. The van der Waals surface area contributed by atoms with Gasteiger partial charge < -0.3 is 5.11 Å². The van der Waals surface area contributed by atoms with Crippen LogP contribution in [0.4, 0.5) is 0 Å². The molecule has 1 heterocycles. The predicted octanol–water partition coefficient (Wildman–Crippen LogP) is 5.81. The monoisotopic (exact) mass is 442 g/mol. The quantitative estimate of drug-likeness (QED) is 0.625. The first kappa shape index (κ1) is 22.8. The highest BCUT2D eigenvalue weighted by atomic mass is 16.3. The van der Waals surface area contributed by atoms with Crippen molar-refractivity contribution >= 4 is 0 Å². The molecule has 1 aromatic rings. The standard InChI is InChI=1S/C27H46N4O/c1-6-12-27(32)15-14-25(4)20(16-27)7-8-21-23-10-9-22(26(23,5)13-11-24(21)25)18(2)17-31-19(3)28-29-30-31/h18,20-24,32H,6-17H2,1-5H3/t18-,20-,21+,22-,23+,24+,25+,26-,27-/m1/s1. The van der Waals surface area contributed by atoms with Crippen LogP contribution >= 0.6 is 0 Å². The number of hydrogen-bond donors (Lipinski definition) is 1. The van der Waals surface area contributed by atoms with Crippen molar-refractivity contribution in [3.05, 3.63) is 5.82 Å². The topological polar surface area (TPSA) is 63.8 Å². The molecule has 4 fully saturated rings. The van der Waals surface area contributed by atoms with Crippen molar-refractivity contribution < 1.29 is 5.11 Å². The van der Waals surface area contributed by atoms with Crippen molar-refractivity contribution in [2.24, 2.45) is 46.3 Å². The summed E-state index contributed by atoms with van der Waals surface area (Å²) in [5.74, 6) is 5.74. The van der Waals surface area contributed by atoms with E-state index in [2.05, 4.69) is 43.2 Å². The Kier molecular flexibility index (Phi) is 5.74. The van der Waals surface area contributed by atoms with E-state index in [4.69, 9.17) is 0 Å². The molecule has 5 rings (SSSR count). The number of nitrogens with zero attached hydrogens (tertiary/aromatic N) is 4. The van der Waals surface area contributed by atoms with Crippen LogP contribution in [0.2, 0.25) is 0 Å². The highest BCUT2D eigenvalue weighted by Gasteiger charge is 2.61. The van der Waals surface area contributed by atoms with E-state index in [1.54, 1.807) is 0 Å². The smallest absolute Gasteiger partial charge is 0.148 e. The molecular formula is C27H46N4O. The third-order valence-corrected chi connectivity index (χ3v) is 11.5. The van der Waals surface area contributed by atoms with Gasteiger partial charge in [0.1, 0.15) is 5.82 Å². The molecule has 0 spiro atoms. The lowest BCUT2D eigenvalue weighted by atomic mass is 9.43. The predicted molar refractivity (Wildman–Crippen MR) is 127 cm³/mol. The maximum absolute atomic E-state index is 11.2. The van der Waals surface area contributed by atoms with Crippen molar-refractivity contribution in [1.29, 1.82) is 0 Å². The van der Waals surface area contributed by atoms with Crippen LogP contribution in [0.5, 0.6) is 0 Å². The van der Waals surface area contributed by atoms with Gasteiger partial charge in [-0.25, -0.2) is 4.68 Å². The number of fused-ring (bicyclic) bond motifs is 5. The minimum atomic E-state index is -0.378. The number of tetrazole rings is 1. The van der Waals surface area contributed by atoms with Crippen molar-refractivity contribution in [1.82, 2.24) is 20.2 Å². The summed E-state index contributed by atoms with van der Waals surface area (Å²) in [5.41, 5.74) is 0.553. The Labute approximate surface area is 195 Å². The van der Waals surface area contributed by atoms with E-state index in [0.717, 1.165) is 67.6 Å². The van der Waals surface area contributed by atoms with Crippen LogP contribution in [0.3, 0.4) is 0 Å². The number of aliphatic hydroxyl groups is 1. The van der Waals surface area contributed by atoms with Gasteiger partial charge in [-0.05, 0) is 128 Å². The fraction of sp³-hybridized carbons (Fsp3) is 0.963. The lowest BCUT2D eigenvalue weighted by Gasteiger charge is -2.62. The highest BCUT2D eigenvalue weighted by Crippen LogP contribution is 2.68. The Bertz CT molecular complexity index is 824. The van der Waals surface area contributed by atoms with Crippen LogP contribution in [0.15, 0.2) is 0 Å². The molecule has 1 N–H and O–H groups in total. The maximum Gasteiger partial charge on any atom is 0.148 e. The Morgan fingerprint density at radius 3 is 2.53 bits per heavy atom. The van der Waals surface area contributed by atoms with Crippen LogP contribution in [-0.2, 0) is 6.54 Å². The molecule has 0 aliphatic heterocycles. The van der Waals surface area contributed by atoms with Gasteiger partial charge in [0.2, 0.25) is 0 Å². The molecule has 0 amide bonds. The zero-order chi connectivity index (χ0) is 22.7. The summed E-state index contributed by atoms with van der Waals surface area (Å²) < 4.78 is 2.01. The number of aromatic nitrogens is 4. The maximum atomic E-state index is 11.2. The average molecular weight is 443 g/mol. The van der Waals surface area contributed by atoms with Gasteiger partial charge in [-0.1, -0.05) is 34.1 Å². The fourth-order valence-corrected chi connectivity index (χ4v) is 9.81. The summed E-state index contributed by atoms with van der Waals surface area (Å²) in [6, 6.07) is 0. The summed E-state index contributed by atoms with van der Waals surface area (Å²) in [5, 5.41) is 23.4. The first-order valence-corrected chi connectivity index (χ1v) is 13.7. The van der Waals surface area contributed by atoms with Gasteiger partial charge in [0.15, 0.2) is 0 Å². The van der Waals surface area contributed by atoms with Crippen LogP contribution in [0.25, 0.3) is 0 Å². The summed E-state index contributed by atoms with van der Waals surface area (Å²) in [6.45, 7) is 12.9. The second-order valence-corrected chi connectivity index (χ2v) is 12.9. The van der Waals surface area contributed by atoms with Gasteiger partial charge in [-0.3, -0.25) is 0 Å². The molecule has 4 aliphatic rings. The Morgan fingerprint density at radius 2 is 1.81 bits per heavy atom. The first-order chi connectivity index (χ1) is 15.2. The van der Waals surface area contributed by atoms with Crippen molar-refractivity contribution in [2.45, 2.75) is 117 Å². The third-order valence-electron chi connectivity index (χ3n) is 11.5. The molecule has 0 saturated heterocycles. The van der Waals surface area contributed by atoms with Crippen LogP contribution < -0.4 is 0 Å². The fourth-order valence-electron chi connectivity index (χ4n) is 9.81. The van der Waals surface area contributed by atoms with Crippen molar-refractivity contribution in [3.8, 4) is 0 Å². The van der Waals surface area contributed by atoms with Crippen molar-refractivity contribution in [3.63, 3.8) is 0 Å². The van der Waals surface area contributed by atoms with E-state index in [1.165, 1.54) is 44.9 Å². The average Bonchev–Trinajstić information content (AvgIpc) is 3.31. The first-order valence-electron chi connectivity index (χ1n) is 13.7. The number of hydrogen-bond acceptors (Lipinski definition) is 4. The van der Waals surface area contributed by atoms with Gasteiger partial charge in [-0.2, -0.15) is 0 Å². The van der Waals surface area contributed by atoms with Crippen LogP contribution in [0.1, 0.15) is 104 Å². The number of rotatable bonds is 5. The lowest BCUT2D eigenvalue weighted by molar-refractivity contribution is -0.153. The van der Waals surface area contributed by atoms with Gasteiger partial charge >= 0.3 is 0 Å². The molecule has 0 radical (unpaired) electrons. The summed E-state index contributed by atoms with van der Waals surface area (Å²) >= 11 is 0. The van der Waals surface area contributed by atoms with Gasteiger partial charge in [-0.15, -0.1) is 5.10 Å². The molecule has 5 nitrogen and oxygen atoms in total. The van der Waals surface area contributed by atoms with E-state index < -0.39 is 0 Å². The lowest BCUT2D eigenvalue weighted by Crippen LogP contribution is -2.56. The highest BCUT2D eigenvalue weighted by molar-refractivity contribution is 5.11.